The quantitative estimate of drug-likeness (QED) is 0.333. The second kappa shape index (κ2) is 10.3. The predicted octanol–water partition coefficient (Wildman–Crippen LogP) is 4.64. The molecular formula is C31H43FN6O3Sn. The molecule has 9 nitrogen and oxygen atoms in total. The van der Waals surface area contributed by atoms with E-state index in [-0.39, 0.29) is 41.1 Å². The first-order valence-corrected chi connectivity index (χ1v) is 25.0. The van der Waals surface area contributed by atoms with Gasteiger partial charge in [-0.1, -0.05) is 0 Å². The molecule has 6 heterocycles. The van der Waals surface area contributed by atoms with Gasteiger partial charge in [-0.3, -0.25) is 0 Å². The van der Waals surface area contributed by atoms with Crippen LogP contribution in [0.2, 0.25) is 14.8 Å². The molecule has 11 heteroatoms. The third-order valence-electron chi connectivity index (χ3n) is 8.87. The summed E-state index contributed by atoms with van der Waals surface area (Å²) < 4.78 is 28.8. The number of ether oxygens (including phenoxy) is 2. The molecular weight excluding hydrogens is 642 g/mol. The number of carbonyl (C=O) groups excluding carboxylic acids is 1. The fourth-order valence-corrected chi connectivity index (χ4v) is 10.7. The van der Waals surface area contributed by atoms with Gasteiger partial charge < -0.3 is 0 Å². The molecule has 4 aliphatic heterocycles. The molecule has 4 fully saturated rings. The Bertz CT molecular complexity index is 1430. The van der Waals surface area contributed by atoms with E-state index in [1.54, 1.807) is 6.20 Å². The number of halogens is 1. The average Bonchev–Trinajstić information content (AvgIpc) is 3.44. The number of anilines is 1. The fraction of sp³-hybridized carbons (Fsp3) is 0.613. The maximum absolute atomic E-state index is 16.2. The molecule has 2 unspecified atom stereocenters. The van der Waals surface area contributed by atoms with Gasteiger partial charge in [-0.2, -0.15) is 0 Å². The molecule has 226 valence electrons. The molecule has 6 rings (SSSR count). The normalized spacial score (nSPS) is 24.1. The number of amides is 1. The van der Waals surface area contributed by atoms with Gasteiger partial charge in [0.15, 0.2) is 0 Å². The molecule has 0 N–H and O–H groups in total. The third kappa shape index (κ3) is 5.37. The Balaban J connectivity index is 1.35. The van der Waals surface area contributed by atoms with Crippen molar-refractivity contribution in [3.63, 3.8) is 0 Å². The van der Waals surface area contributed by atoms with Crippen LogP contribution in [0.1, 0.15) is 46.5 Å². The van der Waals surface area contributed by atoms with E-state index in [9.17, 15) is 4.79 Å². The van der Waals surface area contributed by atoms with Crippen molar-refractivity contribution in [3.8, 4) is 6.01 Å². The molecule has 4 aliphatic rings. The summed E-state index contributed by atoms with van der Waals surface area (Å²) in [6, 6.07) is 0.138. The van der Waals surface area contributed by atoms with Crippen LogP contribution < -0.4 is 13.3 Å². The number of carbonyl (C=O) groups is 1. The van der Waals surface area contributed by atoms with Crippen molar-refractivity contribution >= 4 is 44.9 Å². The van der Waals surface area contributed by atoms with Crippen LogP contribution in [0.25, 0.3) is 10.9 Å². The van der Waals surface area contributed by atoms with Crippen LogP contribution in [-0.2, 0) is 4.74 Å². The van der Waals surface area contributed by atoms with Crippen LogP contribution in [0, 0.1) is 5.82 Å². The van der Waals surface area contributed by atoms with Gasteiger partial charge in [0.1, 0.15) is 0 Å². The number of fused-ring (bicyclic) bond motifs is 4. The summed E-state index contributed by atoms with van der Waals surface area (Å²) in [6.07, 6.45) is 4.90. The first kappa shape index (κ1) is 29.6. The monoisotopic (exact) mass is 686 g/mol. The van der Waals surface area contributed by atoms with Gasteiger partial charge >= 0.3 is 232 Å². The van der Waals surface area contributed by atoms with Crippen LogP contribution >= 0.6 is 0 Å². The summed E-state index contributed by atoms with van der Waals surface area (Å²) in [4.78, 5) is 40.1. The second-order valence-corrected chi connectivity index (χ2v) is 28.9. The second-order valence-electron chi connectivity index (χ2n) is 14.7. The SMILES string of the molecule is C=C1CN2CC(=C)CC2(COc2nc(N3CC4CCC(C3)N4C(=O)OC(C)(C)C)c3cn[c]([Sn]([CH3])([CH3])[CH3])c(F)c3n2)C1. The number of hydrogen-bond acceptors (Lipinski definition) is 8. The van der Waals surface area contributed by atoms with Gasteiger partial charge in [0.2, 0.25) is 0 Å². The summed E-state index contributed by atoms with van der Waals surface area (Å²) in [6.45, 7) is 17.3. The first-order chi connectivity index (χ1) is 19.6. The Hall–Kier alpha value is -2.47. The molecule has 0 aromatic carbocycles. The zero-order valence-electron chi connectivity index (χ0n) is 25.8. The fourth-order valence-electron chi connectivity index (χ4n) is 7.19. The molecule has 0 radical (unpaired) electrons. The van der Waals surface area contributed by atoms with Crippen molar-refractivity contribution in [2.75, 3.05) is 37.7 Å². The van der Waals surface area contributed by atoms with E-state index < -0.39 is 24.0 Å². The standard InChI is InChI=1S/C28H34FN6O3.3CH3.Sn/c1-17-8-28(9-18(2)13-34(28)12-17)16-37-25-31-23-21(10-30-11-22(23)29)24(32-25)33-14-19-6-7-20(15-33)35(19)26(36)38-27(3,4)5;;;;/h10,19-20H,1-2,6-9,12-16H2,3-5H3;3*1H3;. The van der Waals surface area contributed by atoms with Crippen molar-refractivity contribution in [1.29, 1.82) is 0 Å². The van der Waals surface area contributed by atoms with E-state index in [0.29, 0.717) is 34.6 Å². The molecule has 0 saturated carbocycles. The van der Waals surface area contributed by atoms with Gasteiger partial charge in [-0.25, -0.2) is 0 Å². The van der Waals surface area contributed by atoms with Crippen molar-refractivity contribution in [2.45, 2.75) is 84.5 Å². The summed E-state index contributed by atoms with van der Waals surface area (Å²) in [5.74, 6) is 0.252. The van der Waals surface area contributed by atoms with Crippen molar-refractivity contribution in [1.82, 2.24) is 24.8 Å². The van der Waals surface area contributed by atoms with Gasteiger partial charge in [-0.15, -0.1) is 0 Å². The Labute approximate surface area is 252 Å². The van der Waals surface area contributed by atoms with Crippen molar-refractivity contribution in [3.05, 3.63) is 36.3 Å². The summed E-state index contributed by atoms with van der Waals surface area (Å²) in [5.41, 5.74) is 1.85. The number of pyridine rings is 1. The number of hydrogen-bond donors (Lipinski definition) is 0. The predicted molar refractivity (Wildman–Crippen MR) is 165 cm³/mol. The minimum absolute atomic E-state index is 0.0164. The van der Waals surface area contributed by atoms with Gasteiger partial charge in [0.05, 0.1) is 0 Å². The van der Waals surface area contributed by atoms with Crippen LogP contribution in [0.5, 0.6) is 6.01 Å². The van der Waals surface area contributed by atoms with Crippen LogP contribution in [0.4, 0.5) is 15.0 Å². The van der Waals surface area contributed by atoms with Crippen molar-refractivity contribution < 1.29 is 18.7 Å². The number of aromatic nitrogens is 3. The molecule has 4 saturated heterocycles. The van der Waals surface area contributed by atoms with Gasteiger partial charge in [0, 0.05) is 0 Å². The molecule has 2 atom stereocenters. The average molecular weight is 685 g/mol. The summed E-state index contributed by atoms with van der Waals surface area (Å²) in [7, 11) is 0. The zero-order chi connectivity index (χ0) is 30.2. The van der Waals surface area contributed by atoms with E-state index >= 15 is 4.39 Å². The van der Waals surface area contributed by atoms with Crippen LogP contribution in [-0.4, -0.2) is 105 Å². The number of nitrogens with zero attached hydrogens (tertiary/aromatic N) is 6. The summed E-state index contributed by atoms with van der Waals surface area (Å²) in [5, 5.41) is 0.576. The molecule has 2 aromatic heterocycles. The van der Waals surface area contributed by atoms with Crippen LogP contribution in [0.15, 0.2) is 30.5 Å². The third-order valence-corrected chi connectivity index (χ3v) is 13.9. The van der Waals surface area contributed by atoms with E-state index in [1.807, 2.05) is 25.7 Å². The Kier molecular flexibility index (Phi) is 7.27. The Morgan fingerprint density at radius 3 is 2.29 bits per heavy atom. The first-order valence-electron chi connectivity index (χ1n) is 15.0. The van der Waals surface area contributed by atoms with E-state index in [1.165, 1.54) is 11.1 Å². The van der Waals surface area contributed by atoms with E-state index in [4.69, 9.17) is 14.5 Å². The molecule has 0 aliphatic carbocycles. The van der Waals surface area contributed by atoms with Gasteiger partial charge in [-0.05, 0) is 20.8 Å². The number of piperazine rings is 1. The Morgan fingerprint density at radius 1 is 1.10 bits per heavy atom. The number of rotatable bonds is 5. The minimum atomic E-state index is -2.89. The molecule has 2 aromatic rings. The molecule has 0 spiro atoms. The van der Waals surface area contributed by atoms with Gasteiger partial charge in [0.25, 0.3) is 0 Å². The maximum atomic E-state index is 16.2. The van der Waals surface area contributed by atoms with E-state index in [0.717, 1.165) is 38.8 Å². The summed E-state index contributed by atoms with van der Waals surface area (Å²) >= 11 is -2.89. The Morgan fingerprint density at radius 2 is 1.71 bits per heavy atom. The zero-order valence-corrected chi connectivity index (χ0v) is 28.7. The van der Waals surface area contributed by atoms with E-state index in [2.05, 4.69) is 47.7 Å². The molecule has 42 heavy (non-hydrogen) atoms. The molecule has 1 amide bonds. The van der Waals surface area contributed by atoms with Crippen molar-refractivity contribution in [2.24, 2.45) is 0 Å². The topological polar surface area (TPSA) is 83.9 Å². The van der Waals surface area contributed by atoms with Crippen LogP contribution in [0.3, 0.4) is 0 Å². The molecule has 2 bridgehead atoms.